The van der Waals surface area contributed by atoms with Gasteiger partial charge in [0.15, 0.2) is 23.2 Å². The number of amidine groups is 1. The van der Waals surface area contributed by atoms with E-state index in [4.69, 9.17) is 17.5 Å². The van der Waals surface area contributed by atoms with E-state index >= 15 is 0 Å². The summed E-state index contributed by atoms with van der Waals surface area (Å²) < 4.78 is 43.6. The van der Waals surface area contributed by atoms with Gasteiger partial charge in [-0.25, -0.2) is 27.6 Å². The number of anilines is 2. The zero-order valence-electron chi connectivity index (χ0n) is 17.5. The van der Waals surface area contributed by atoms with Gasteiger partial charge in [0.25, 0.3) is 5.84 Å². The number of rotatable bonds is 3. The molecule has 4 heterocycles. The van der Waals surface area contributed by atoms with Crippen molar-refractivity contribution in [2.75, 3.05) is 17.7 Å². The van der Waals surface area contributed by atoms with Gasteiger partial charge in [-0.05, 0) is 26.0 Å². The molecule has 0 aliphatic carbocycles. The summed E-state index contributed by atoms with van der Waals surface area (Å²) in [4.78, 5) is 27.2. The number of fused-ring (bicyclic) bond motifs is 2. The molecule has 2 aromatic rings. The highest BCUT2D eigenvalue weighted by Crippen LogP contribution is 2.41. The average molecular weight is 476 g/mol. The van der Waals surface area contributed by atoms with Gasteiger partial charge >= 0.3 is 0 Å². The van der Waals surface area contributed by atoms with Gasteiger partial charge in [-0.3, -0.25) is 4.79 Å². The minimum atomic E-state index is -1.29. The number of aliphatic imine (C=N–C) groups is 1. The lowest BCUT2D eigenvalue weighted by Gasteiger charge is -2.18. The van der Waals surface area contributed by atoms with Crippen LogP contribution < -0.4 is 16.0 Å². The van der Waals surface area contributed by atoms with Gasteiger partial charge in [-0.15, -0.1) is 0 Å². The third-order valence-corrected chi connectivity index (χ3v) is 6.02. The highest BCUT2D eigenvalue weighted by Gasteiger charge is 2.45. The predicted octanol–water partition coefficient (Wildman–Crippen LogP) is 3.11. The van der Waals surface area contributed by atoms with E-state index in [1.54, 1.807) is 31.0 Å². The third kappa shape index (κ3) is 3.26. The molecule has 0 fully saturated rings. The first-order chi connectivity index (χ1) is 15.6. The summed E-state index contributed by atoms with van der Waals surface area (Å²) in [5, 5.41) is 2.70. The number of hydrogen-bond acceptors (Lipinski definition) is 7. The Bertz CT molecular complexity index is 1320. The molecule has 0 saturated heterocycles. The molecule has 3 aliphatic rings. The smallest absolute Gasteiger partial charge is 0.264 e. The molecule has 3 aliphatic heterocycles. The van der Waals surface area contributed by atoms with E-state index in [1.807, 2.05) is 0 Å². The van der Waals surface area contributed by atoms with Crippen molar-refractivity contribution < 1.29 is 18.0 Å². The second-order valence-corrected chi connectivity index (χ2v) is 8.71. The van der Waals surface area contributed by atoms with Crippen LogP contribution in [0, 0.1) is 17.5 Å². The Kier molecular flexibility index (Phi) is 4.73. The Morgan fingerprint density at radius 3 is 2.73 bits per heavy atom. The number of nitrogens with two attached hydrogens (primary N) is 1. The summed E-state index contributed by atoms with van der Waals surface area (Å²) in [7, 11) is 0. The molecule has 8 nitrogen and oxygen atoms in total. The maximum atomic E-state index is 14.3. The topological polar surface area (TPSA) is 102 Å². The van der Waals surface area contributed by atoms with Gasteiger partial charge in [0.1, 0.15) is 17.5 Å². The summed E-state index contributed by atoms with van der Waals surface area (Å²) in [6.07, 6.45) is 2.87. The monoisotopic (exact) mass is 475 g/mol. The van der Waals surface area contributed by atoms with Gasteiger partial charge < -0.3 is 11.1 Å². The highest BCUT2D eigenvalue weighted by molar-refractivity contribution is 6.14. The predicted molar refractivity (Wildman–Crippen MR) is 116 cm³/mol. The normalized spacial score (nSPS) is 19.0. The van der Waals surface area contributed by atoms with Crippen LogP contribution in [-0.4, -0.2) is 32.8 Å². The molecule has 1 amide bonds. The highest BCUT2D eigenvalue weighted by atomic mass is 35.5. The number of carbonyl (C=O) groups excluding carboxylic acids is 1. The van der Waals surface area contributed by atoms with E-state index in [9.17, 15) is 18.0 Å². The minimum absolute atomic E-state index is 0.110. The summed E-state index contributed by atoms with van der Waals surface area (Å²) >= 11 is 6.10. The van der Waals surface area contributed by atoms with Crippen LogP contribution in [0.5, 0.6) is 0 Å². The van der Waals surface area contributed by atoms with Crippen molar-refractivity contribution in [2.45, 2.75) is 25.7 Å². The fourth-order valence-corrected chi connectivity index (χ4v) is 4.19. The maximum Gasteiger partial charge on any atom is 0.264 e. The van der Waals surface area contributed by atoms with Gasteiger partial charge in [0.05, 0.1) is 17.4 Å². The lowest BCUT2D eigenvalue weighted by atomic mass is 9.87. The number of aromatic nitrogens is 2. The number of nitrogens with one attached hydrogen (secondary N) is 1. The fraction of sp³-hybridized carbons (Fsp3) is 0.238. The summed E-state index contributed by atoms with van der Waals surface area (Å²) in [6, 6.07) is 1.58. The molecule has 0 unspecified atom stereocenters. The molecule has 0 bridgehead atoms. The van der Waals surface area contributed by atoms with Crippen LogP contribution in [0.1, 0.15) is 30.8 Å². The Morgan fingerprint density at radius 1 is 1.24 bits per heavy atom. The largest absolute Gasteiger partial charge is 0.383 e. The first-order valence-corrected chi connectivity index (χ1v) is 10.2. The fourth-order valence-electron chi connectivity index (χ4n) is 4.03. The summed E-state index contributed by atoms with van der Waals surface area (Å²) in [5.41, 5.74) is 6.07. The number of benzene rings is 1. The van der Waals surface area contributed by atoms with Crippen LogP contribution in [0.4, 0.5) is 24.8 Å². The summed E-state index contributed by atoms with van der Waals surface area (Å²) in [6.45, 7) is 3.53. The molecular formula is C21H17ClF3N7O+. The molecule has 169 valence electrons. The van der Waals surface area contributed by atoms with Crippen LogP contribution in [0.3, 0.4) is 0 Å². The van der Waals surface area contributed by atoms with E-state index in [2.05, 4.69) is 20.3 Å². The quantitative estimate of drug-likeness (QED) is 0.403. The molecule has 0 atom stereocenters. The van der Waals surface area contributed by atoms with Crippen molar-refractivity contribution in [2.24, 2.45) is 4.99 Å². The molecule has 1 aromatic heterocycles. The van der Waals surface area contributed by atoms with Crippen molar-refractivity contribution in [3.63, 3.8) is 0 Å². The number of nitrogens with zero attached hydrogens (tertiary/aromatic N) is 5. The number of allylic oxidation sites excluding steroid dienone is 1. The SMILES string of the molecule is CC1(C)C(=O)Nc2nc(C3=C4C=CN(Cl)C[N+]4C(Cc4c(F)ccc(F)c4F)=N3)nc(N)c21. The van der Waals surface area contributed by atoms with Crippen LogP contribution >= 0.6 is 11.8 Å². The van der Waals surface area contributed by atoms with Crippen molar-refractivity contribution in [3.05, 3.63) is 64.5 Å². The van der Waals surface area contributed by atoms with Crippen LogP contribution in [-0.2, 0) is 16.6 Å². The number of nitrogen functional groups attached to an aromatic ring is 1. The molecule has 1 radical (unpaired) electrons. The Labute approximate surface area is 191 Å². The zero-order valence-corrected chi connectivity index (χ0v) is 18.2. The van der Waals surface area contributed by atoms with E-state index in [-0.39, 0.29) is 48.0 Å². The van der Waals surface area contributed by atoms with Crippen molar-refractivity contribution in [1.82, 2.24) is 19.3 Å². The maximum absolute atomic E-state index is 14.3. The molecule has 0 saturated carbocycles. The third-order valence-electron chi connectivity index (χ3n) is 5.80. The Balaban J connectivity index is 1.61. The molecule has 1 aromatic carbocycles. The van der Waals surface area contributed by atoms with Crippen molar-refractivity contribution in [1.29, 1.82) is 0 Å². The van der Waals surface area contributed by atoms with Gasteiger partial charge in [-0.1, -0.05) is 4.90 Å². The minimum Gasteiger partial charge on any atom is -0.383 e. The zero-order chi connectivity index (χ0) is 23.7. The first-order valence-electron chi connectivity index (χ1n) is 9.90. The van der Waals surface area contributed by atoms with Gasteiger partial charge in [0, 0.05) is 29.6 Å². The van der Waals surface area contributed by atoms with E-state index in [0.29, 0.717) is 11.3 Å². The lowest BCUT2D eigenvalue weighted by molar-refractivity contribution is -0.119. The van der Waals surface area contributed by atoms with Crippen LogP contribution in [0.25, 0.3) is 5.70 Å². The molecule has 12 heteroatoms. The molecular weight excluding hydrogens is 459 g/mol. The second kappa shape index (κ2) is 7.29. The molecule has 33 heavy (non-hydrogen) atoms. The van der Waals surface area contributed by atoms with Crippen LogP contribution in [0.2, 0.25) is 0 Å². The van der Waals surface area contributed by atoms with E-state index in [0.717, 1.165) is 12.1 Å². The lowest BCUT2D eigenvalue weighted by Crippen LogP contribution is -2.42. The average Bonchev–Trinajstić information content (AvgIpc) is 3.22. The number of hydrogen-bond donors (Lipinski definition) is 2. The van der Waals surface area contributed by atoms with E-state index < -0.39 is 28.4 Å². The Hall–Kier alpha value is -3.44. The van der Waals surface area contributed by atoms with Crippen molar-refractivity contribution in [3.8, 4) is 0 Å². The summed E-state index contributed by atoms with van der Waals surface area (Å²) in [5.74, 6) is -2.89. The first kappa shape index (κ1) is 21.4. The van der Waals surface area contributed by atoms with E-state index in [1.165, 1.54) is 4.42 Å². The van der Waals surface area contributed by atoms with Gasteiger partial charge in [0.2, 0.25) is 18.3 Å². The van der Waals surface area contributed by atoms with Crippen LogP contribution in [0.15, 0.2) is 35.1 Å². The number of halogens is 4. The molecule has 3 N–H and O–H groups in total. The standard InChI is InChI=1S/C21H17ClF3N7O/c1-21(2)14-17(26)28-19(29-18(14)30-20(21)33)16-12-5-6-31(22)8-32(12)13(27-16)7-9-10(23)3-4-11(24)15(9)25/h3-6H,7-8H2,1-2H3,(H3,26,28,29,30,33)/q+1. The van der Waals surface area contributed by atoms with Gasteiger partial charge in [-0.2, -0.15) is 4.99 Å². The molecule has 5 rings (SSSR count). The molecule has 0 spiro atoms. The number of carbonyl (C=O) groups is 1. The van der Waals surface area contributed by atoms with Crippen molar-refractivity contribution >= 4 is 40.9 Å². The Morgan fingerprint density at radius 2 is 1.97 bits per heavy atom. The number of amides is 1. The second-order valence-electron chi connectivity index (χ2n) is 8.28.